The average molecular weight is 354 g/mol. The number of furan rings is 1. The number of methoxy groups -OCH3 is 2. The smallest absolute Gasteiger partial charge is 0.240 e. The van der Waals surface area contributed by atoms with Crippen LogP contribution in [0.4, 0.5) is 0 Å². The van der Waals surface area contributed by atoms with Crippen molar-refractivity contribution in [1.82, 2.24) is 9.62 Å². The third-order valence-electron chi connectivity index (χ3n) is 3.63. The second-order valence-corrected chi connectivity index (χ2v) is 7.13. The summed E-state index contributed by atoms with van der Waals surface area (Å²) in [6, 6.07) is 7.84. The van der Waals surface area contributed by atoms with E-state index in [1.165, 1.54) is 26.4 Å². The monoisotopic (exact) mass is 354 g/mol. The highest BCUT2D eigenvalue weighted by Crippen LogP contribution is 2.29. The maximum Gasteiger partial charge on any atom is 0.240 e. The number of nitrogens with zero attached hydrogens (tertiary/aromatic N) is 1. The Balaban J connectivity index is 2.19. The minimum atomic E-state index is -3.69. The Morgan fingerprint density at radius 3 is 2.42 bits per heavy atom. The zero-order chi connectivity index (χ0) is 17.7. The fraction of sp³-hybridized carbons (Fsp3) is 0.375. The number of benzene rings is 1. The Hall–Kier alpha value is -2.03. The molecule has 0 aliphatic heterocycles. The van der Waals surface area contributed by atoms with Crippen molar-refractivity contribution in [3.63, 3.8) is 0 Å². The number of likely N-dealkylation sites (N-methyl/N-ethyl adjacent to an activating group) is 1. The summed E-state index contributed by atoms with van der Waals surface area (Å²) in [5.41, 5.74) is 0. The minimum Gasteiger partial charge on any atom is -0.493 e. The van der Waals surface area contributed by atoms with E-state index in [2.05, 4.69) is 4.72 Å². The molecule has 0 bridgehead atoms. The molecule has 0 radical (unpaired) electrons. The minimum absolute atomic E-state index is 0.108. The number of rotatable bonds is 8. The lowest BCUT2D eigenvalue weighted by molar-refractivity contribution is 0.259. The van der Waals surface area contributed by atoms with Crippen LogP contribution < -0.4 is 14.2 Å². The van der Waals surface area contributed by atoms with Gasteiger partial charge in [-0.15, -0.1) is 0 Å². The van der Waals surface area contributed by atoms with Gasteiger partial charge in [0.15, 0.2) is 11.5 Å². The number of hydrogen-bond donors (Lipinski definition) is 1. The van der Waals surface area contributed by atoms with Crippen LogP contribution in [0.3, 0.4) is 0 Å². The first-order valence-electron chi connectivity index (χ1n) is 7.30. The Labute approximate surface area is 142 Å². The first kappa shape index (κ1) is 18.3. The summed E-state index contributed by atoms with van der Waals surface area (Å²) in [6.45, 7) is 0.178. The molecule has 1 atom stereocenters. The molecule has 2 rings (SSSR count). The maximum absolute atomic E-state index is 12.5. The summed E-state index contributed by atoms with van der Waals surface area (Å²) in [5.74, 6) is 1.52. The first-order chi connectivity index (χ1) is 11.4. The molecule has 1 N–H and O–H groups in total. The largest absolute Gasteiger partial charge is 0.493 e. The van der Waals surface area contributed by atoms with Crippen molar-refractivity contribution in [2.45, 2.75) is 10.9 Å². The highest BCUT2D eigenvalue weighted by Gasteiger charge is 2.22. The van der Waals surface area contributed by atoms with Crippen LogP contribution in [0.15, 0.2) is 45.9 Å². The number of nitrogens with one attached hydrogen (secondary N) is 1. The Morgan fingerprint density at radius 1 is 1.17 bits per heavy atom. The third-order valence-corrected chi connectivity index (χ3v) is 5.05. The summed E-state index contributed by atoms with van der Waals surface area (Å²) in [6.07, 6.45) is 1.56. The second-order valence-electron chi connectivity index (χ2n) is 5.36. The van der Waals surface area contributed by atoms with Gasteiger partial charge < -0.3 is 13.9 Å². The van der Waals surface area contributed by atoms with Crippen LogP contribution in [-0.4, -0.2) is 48.2 Å². The number of ether oxygens (including phenoxy) is 2. The van der Waals surface area contributed by atoms with Gasteiger partial charge in [-0.05, 0) is 38.4 Å². The van der Waals surface area contributed by atoms with Crippen molar-refractivity contribution in [3.05, 3.63) is 42.4 Å². The van der Waals surface area contributed by atoms with Crippen LogP contribution in [0, 0.1) is 0 Å². The van der Waals surface area contributed by atoms with Crippen molar-refractivity contribution in [3.8, 4) is 11.5 Å². The van der Waals surface area contributed by atoms with E-state index in [4.69, 9.17) is 13.9 Å². The van der Waals surface area contributed by atoms with Gasteiger partial charge in [-0.1, -0.05) is 0 Å². The number of hydrogen-bond acceptors (Lipinski definition) is 6. The van der Waals surface area contributed by atoms with E-state index in [0.717, 1.165) is 0 Å². The van der Waals surface area contributed by atoms with Crippen molar-refractivity contribution in [2.75, 3.05) is 34.9 Å². The fourth-order valence-corrected chi connectivity index (χ4v) is 3.33. The summed E-state index contributed by atoms with van der Waals surface area (Å²) in [4.78, 5) is 1.99. The molecule has 1 aromatic heterocycles. The number of sulfonamides is 1. The van der Waals surface area contributed by atoms with E-state index in [1.807, 2.05) is 25.1 Å². The van der Waals surface area contributed by atoms with Crippen molar-refractivity contribution in [1.29, 1.82) is 0 Å². The van der Waals surface area contributed by atoms with Gasteiger partial charge in [-0.3, -0.25) is 4.90 Å². The van der Waals surface area contributed by atoms with Crippen molar-refractivity contribution >= 4 is 10.0 Å². The van der Waals surface area contributed by atoms with Gasteiger partial charge in [0.25, 0.3) is 0 Å². The van der Waals surface area contributed by atoms with Crippen LogP contribution in [0.2, 0.25) is 0 Å². The molecule has 0 aliphatic rings. The zero-order valence-electron chi connectivity index (χ0n) is 14.1. The Morgan fingerprint density at radius 2 is 1.88 bits per heavy atom. The van der Waals surface area contributed by atoms with Gasteiger partial charge in [0.1, 0.15) is 5.76 Å². The van der Waals surface area contributed by atoms with Crippen LogP contribution >= 0.6 is 0 Å². The van der Waals surface area contributed by atoms with Gasteiger partial charge >= 0.3 is 0 Å². The van der Waals surface area contributed by atoms with Gasteiger partial charge in [0, 0.05) is 12.6 Å². The zero-order valence-corrected chi connectivity index (χ0v) is 15.0. The van der Waals surface area contributed by atoms with E-state index in [1.54, 1.807) is 18.4 Å². The topological polar surface area (TPSA) is 81.0 Å². The van der Waals surface area contributed by atoms with Crippen molar-refractivity contribution in [2.24, 2.45) is 0 Å². The van der Waals surface area contributed by atoms with Gasteiger partial charge in [0.05, 0.1) is 31.4 Å². The molecule has 1 unspecified atom stereocenters. The molecule has 0 saturated heterocycles. The lowest BCUT2D eigenvalue weighted by Crippen LogP contribution is -2.34. The summed E-state index contributed by atoms with van der Waals surface area (Å²) >= 11 is 0. The van der Waals surface area contributed by atoms with Crippen LogP contribution in [0.25, 0.3) is 0 Å². The van der Waals surface area contributed by atoms with Gasteiger partial charge in [-0.2, -0.15) is 0 Å². The van der Waals surface area contributed by atoms with Crippen molar-refractivity contribution < 1.29 is 22.3 Å². The molecule has 0 spiro atoms. The summed E-state index contributed by atoms with van der Waals surface area (Å²) < 4.78 is 43.3. The van der Waals surface area contributed by atoms with Crippen LogP contribution in [0.1, 0.15) is 11.8 Å². The molecular formula is C16H22N2O5S. The van der Waals surface area contributed by atoms with E-state index >= 15 is 0 Å². The predicted molar refractivity (Wildman–Crippen MR) is 89.9 cm³/mol. The lowest BCUT2D eigenvalue weighted by atomic mass is 10.2. The Kier molecular flexibility index (Phi) is 5.87. The van der Waals surface area contributed by atoms with E-state index < -0.39 is 10.0 Å². The van der Waals surface area contributed by atoms with E-state index in [-0.39, 0.29) is 17.5 Å². The van der Waals surface area contributed by atoms with Crippen LogP contribution in [-0.2, 0) is 10.0 Å². The first-order valence-corrected chi connectivity index (χ1v) is 8.79. The highest BCUT2D eigenvalue weighted by molar-refractivity contribution is 7.89. The van der Waals surface area contributed by atoms with Gasteiger partial charge in [0.2, 0.25) is 10.0 Å². The van der Waals surface area contributed by atoms with E-state index in [9.17, 15) is 8.42 Å². The predicted octanol–water partition coefficient (Wildman–Crippen LogP) is 1.88. The molecule has 1 heterocycles. The molecule has 0 saturated carbocycles. The summed E-state index contributed by atoms with van der Waals surface area (Å²) in [7, 11) is 2.98. The molecule has 132 valence electrons. The second kappa shape index (κ2) is 7.69. The average Bonchev–Trinajstić information content (AvgIpc) is 3.08. The normalized spacial score (nSPS) is 13.0. The quantitative estimate of drug-likeness (QED) is 0.779. The third kappa shape index (κ3) is 4.08. The molecule has 24 heavy (non-hydrogen) atoms. The molecule has 0 amide bonds. The lowest BCUT2D eigenvalue weighted by Gasteiger charge is -2.22. The van der Waals surface area contributed by atoms with E-state index in [0.29, 0.717) is 17.3 Å². The molecule has 0 aliphatic carbocycles. The SMILES string of the molecule is COc1ccc(S(=O)(=O)NCC(c2ccco2)N(C)C)cc1OC. The summed E-state index contributed by atoms with van der Waals surface area (Å²) in [5, 5.41) is 0. The molecule has 2 aromatic rings. The fourth-order valence-electron chi connectivity index (χ4n) is 2.27. The van der Waals surface area contributed by atoms with Gasteiger partial charge in [-0.25, -0.2) is 13.1 Å². The molecule has 8 heteroatoms. The molecular weight excluding hydrogens is 332 g/mol. The highest BCUT2D eigenvalue weighted by atomic mass is 32.2. The molecule has 0 fully saturated rings. The molecule has 7 nitrogen and oxygen atoms in total. The maximum atomic E-state index is 12.5. The standard InChI is InChI=1S/C16H22N2O5S/c1-18(2)13(14-6-5-9-23-14)11-17-24(19,20)12-7-8-15(21-3)16(10-12)22-4/h5-10,13,17H,11H2,1-4H3. The van der Waals surface area contributed by atoms with Crippen LogP contribution in [0.5, 0.6) is 11.5 Å². The Bertz CT molecular complexity index is 757. The molecule has 1 aromatic carbocycles.